The molecule has 4 aromatic carbocycles. The summed E-state index contributed by atoms with van der Waals surface area (Å²) in [5, 5.41) is 1.68. The molecule has 0 spiro atoms. The maximum absolute atomic E-state index is 13.7. The average molecular weight is 725 g/mol. The number of nitrogens with zero attached hydrogens (tertiary/aromatic N) is 2. The molecule has 0 N–H and O–H groups in total. The second-order valence-corrected chi connectivity index (χ2v) is 24.9. The van der Waals surface area contributed by atoms with Crippen LogP contribution in [-0.2, 0) is 24.2 Å². The molecule has 49 heavy (non-hydrogen) atoms. The number of hydrogen-bond donors (Lipinski definition) is 0. The van der Waals surface area contributed by atoms with Crippen LogP contribution in [0, 0.1) is 13.8 Å². The Bertz CT molecular complexity index is 2280. The van der Waals surface area contributed by atoms with Crippen LogP contribution >= 0.6 is 0 Å². The Hall–Kier alpha value is -4.27. The summed E-state index contributed by atoms with van der Waals surface area (Å²) in [4.78, 5) is 0.477. The summed E-state index contributed by atoms with van der Waals surface area (Å²) < 4.78 is 64.2. The van der Waals surface area contributed by atoms with Gasteiger partial charge in [-0.3, -0.25) is 0 Å². The molecule has 0 aliphatic heterocycles. The van der Waals surface area contributed by atoms with Gasteiger partial charge in [-0.15, -0.1) is 0 Å². The topological polar surface area (TPSA) is 87.4 Å². The first kappa shape index (κ1) is 34.6. The van der Waals surface area contributed by atoms with Gasteiger partial charge in [0.15, 0.2) is 16.6 Å². The molecule has 252 valence electrons. The Morgan fingerprint density at radius 3 is 1.24 bits per heavy atom. The third-order valence-electron chi connectivity index (χ3n) is 8.43. The molecule has 0 bridgehead atoms. The second-order valence-electron chi connectivity index (χ2n) is 13.4. The molecule has 0 fully saturated rings. The molecule has 0 unspecified atom stereocenters. The van der Waals surface area contributed by atoms with Gasteiger partial charge in [-0.25, -0.2) is 24.8 Å². The van der Waals surface area contributed by atoms with Gasteiger partial charge in [-0.2, -0.15) is 0 Å². The highest BCUT2D eigenvalue weighted by atomic mass is 32.2. The van der Waals surface area contributed by atoms with Crippen LogP contribution in [-0.4, -0.2) is 41.4 Å². The van der Waals surface area contributed by atoms with E-state index in [1.165, 1.54) is 7.94 Å². The van der Waals surface area contributed by atoms with E-state index < -0.39 is 36.7 Å². The van der Waals surface area contributed by atoms with Crippen molar-refractivity contribution < 1.29 is 21.0 Å². The highest BCUT2D eigenvalue weighted by Crippen LogP contribution is 2.30. The van der Waals surface area contributed by atoms with Gasteiger partial charge in [0, 0.05) is 34.3 Å². The quantitative estimate of drug-likeness (QED) is 0.132. The summed E-state index contributed by atoms with van der Waals surface area (Å²) >= 11 is 0. The van der Waals surface area contributed by atoms with Crippen molar-refractivity contribution in [3.05, 3.63) is 143 Å². The minimum Gasteiger partial charge on any atom is -0.449 e. The van der Waals surface area contributed by atoms with Gasteiger partial charge in [0.25, 0.3) is 20.0 Å². The van der Waals surface area contributed by atoms with E-state index in [1.807, 2.05) is 74.5 Å². The molecule has 0 aliphatic rings. The van der Waals surface area contributed by atoms with Crippen molar-refractivity contribution in [1.82, 2.24) is 7.94 Å². The zero-order valence-electron chi connectivity index (χ0n) is 28.5. The van der Waals surface area contributed by atoms with Crippen molar-refractivity contribution in [2.75, 3.05) is 0 Å². The van der Waals surface area contributed by atoms with E-state index in [1.54, 1.807) is 60.9 Å². The molecule has 0 atom stereocenters. The number of hydrogen-bond acceptors (Lipinski definition) is 5. The molecule has 11 heteroatoms. The molecular weight excluding hydrogens is 685 g/mol. The normalized spacial score (nSPS) is 13.3. The summed E-state index contributed by atoms with van der Waals surface area (Å²) in [7, 11) is -12.4. The van der Waals surface area contributed by atoms with Gasteiger partial charge in [-0.1, -0.05) is 95.3 Å². The van der Waals surface area contributed by atoms with Crippen LogP contribution in [0.5, 0.6) is 0 Å². The lowest BCUT2D eigenvalue weighted by molar-refractivity contribution is 0.571. The van der Waals surface area contributed by atoms with Gasteiger partial charge >= 0.3 is 0 Å². The van der Waals surface area contributed by atoms with E-state index in [2.05, 4.69) is 37.6 Å². The lowest BCUT2D eigenvalue weighted by Crippen LogP contribution is -2.42. The van der Waals surface area contributed by atoms with Crippen LogP contribution in [0.2, 0.25) is 26.2 Å². The smallest absolute Gasteiger partial charge is 0.268 e. The van der Waals surface area contributed by atoms with Crippen molar-refractivity contribution in [2.45, 2.75) is 49.8 Å². The number of benzene rings is 4. The first-order valence-electron chi connectivity index (χ1n) is 16.0. The Balaban J connectivity index is 1.27. The van der Waals surface area contributed by atoms with Crippen LogP contribution < -0.4 is 0 Å². The van der Waals surface area contributed by atoms with Crippen LogP contribution in [0.3, 0.4) is 0 Å². The third-order valence-corrected chi connectivity index (χ3v) is 18.0. The molecular formula is C38H40N2O5S2Si2. The SMILES string of the molecule is Cc1ccc(S(=O)(=O)n2cc(/C=C/[Si](C)(C)O[Si](C)(C)/C=C/c3cn(S(=O)(=O)c4ccc(C)cc4)c4ccccc34)c3ccccc32)cc1. The number of rotatable bonds is 10. The van der Waals surface area contributed by atoms with E-state index in [0.29, 0.717) is 11.0 Å². The zero-order valence-corrected chi connectivity index (χ0v) is 32.1. The lowest BCUT2D eigenvalue weighted by atomic mass is 10.2. The first-order valence-corrected chi connectivity index (χ1v) is 24.9. The fraction of sp³-hybridized carbons (Fsp3) is 0.158. The highest BCUT2D eigenvalue weighted by molar-refractivity contribution is 7.90. The van der Waals surface area contributed by atoms with Gasteiger partial charge in [0.2, 0.25) is 0 Å². The molecule has 6 rings (SSSR count). The van der Waals surface area contributed by atoms with Gasteiger partial charge in [-0.05, 0) is 76.4 Å². The Kier molecular flexibility index (Phi) is 9.10. The van der Waals surface area contributed by atoms with Crippen molar-refractivity contribution in [3.8, 4) is 0 Å². The van der Waals surface area contributed by atoms with Gasteiger partial charge in [0.05, 0.1) is 20.8 Å². The maximum Gasteiger partial charge on any atom is 0.268 e. The largest absolute Gasteiger partial charge is 0.449 e. The third kappa shape index (κ3) is 7.08. The lowest BCUT2D eigenvalue weighted by Gasteiger charge is -2.29. The Labute approximate surface area is 291 Å². The average Bonchev–Trinajstić information content (AvgIpc) is 3.63. The van der Waals surface area contributed by atoms with Crippen LogP contribution in [0.4, 0.5) is 0 Å². The van der Waals surface area contributed by atoms with Crippen molar-refractivity contribution in [2.24, 2.45) is 0 Å². The minimum atomic E-state index is -3.80. The molecule has 2 heterocycles. The maximum atomic E-state index is 13.7. The van der Waals surface area contributed by atoms with Gasteiger partial charge in [0.1, 0.15) is 0 Å². The minimum absolute atomic E-state index is 0.239. The van der Waals surface area contributed by atoms with Crippen LogP contribution in [0.15, 0.2) is 131 Å². The first-order chi connectivity index (χ1) is 23.1. The predicted octanol–water partition coefficient (Wildman–Crippen LogP) is 8.92. The molecule has 0 saturated carbocycles. The Morgan fingerprint density at radius 2 is 0.878 bits per heavy atom. The Morgan fingerprint density at radius 1 is 0.531 bits per heavy atom. The summed E-state index contributed by atoms with van der Waals surface area (Å²) in [5.41, 5.74) is 9.01. The second kappa shape index (κ2) is 12.9. The highest BCUT2D eigenvalue weighted by Gasteiger charge is 2.30. The summed E-state index contributed by atoms with van der Waals surface area (Å²) in [6.45, 7) is 12.3. The van der Waals surface area contributed by atoms with Crippen molar-refractivity contribution >= 4 is 70.6 Å². The molecule has 7 nitrogen and oxygen atoms in total. The molecule has 0 saturated heterocycles. The molecule has 0 radical (unpaired) electrons. The van der Waals surface area contributed by atoms with E-state index in [-0.39, 0.29) is 9.79 Å². The van der Waals surface area contributed by atoms with Gasteiger partial charge < -0.3 is 4.12 Å². The van der Waals surface area contributed by atoms with E-state index >= 15 is 0 Å². The van der Waals surface area contributed by atoms with Crippen LogP contribution in [0.25, 0.3) is 34.0 Å². The zero-order chi connectivity index (χ0) is 35.2. The molecule has 0 amide bonds. The summed E-state index contributed by atoms with van der Waals surface area (Å²) in [6, 6.07) is 28.8. The monoisotopic (exact) mass is 724 g/mol. The number of fused-ring (bicyclic) bond motifs is 2. The molecule has 2 aromatic heterocycles. The predicted molar refractivity (Wildman–Crippen MR) is 206 cm³/mol. The van der Waals surface area contributed by atoms with E-state index in [4.69, 9.17) is 4.12 Å². The van der Waals surface area contributed by atoms with E-state index in [9.17, 15) is 16.8 Å². The molecule has 6 aromatic rings. The van der Waals surface area contributed by atoms with Crippen molar-refractivity contribution in [3.63, 3.8) is 0 Å². The number of aromatic nitrogens is 2. The van der Waals surface area contributed by atoms with E-state index in [0.717, 1.165) is 33.0 Å². The molecule has 0 aliphatic carbocycles. The number of aryl methyl sites for hydroxylation is 2. The number of para-hydroxylation sites is 2. The fourth-order valence-electron chi connectivity index (χ4n) is 5.99. The standard InChI is InChI=1S/C38H40N2O5S2Si2/c1-29-15-19-33(20-16-29)46(41,42)39-27-31(35-11-7-9-13-37(35)39)23-25-48(3,4)45-49(5,6)26-24-32-28-40(38-14-10-8-12-36(32)38)47(43,44)34-21-17-30(2)18-22-34/h7-28H,1-6H3/b25-23+,26-24+. The van der Waals surface area contributed by atoms with Crippen molar-refractivity contribution in [1.29, 1.82) is 0 Å². The van der Waals surface area contributed by atoms with Crippen LogP contribution in [0.1, 0.15) is 22.3 Å². The summed E-state index contributed by atoms with van der Waals surface area (Å²) in [5.74, 6) is 0. The fourth-order valence-corrected chi connectivity index (χ4v) is 15.9. The summed E-state index contributed by atoms with van der Waals surface area (Å²) in [6.07, 6.45) is 7.33.